The summed E-state index contributed by atoms with van der Waals surface area (Å²) in [6, 6.07) is 9.62. The van der Waals surface area contributed by atoms with Crippen molar-refractivity contribution >= 4 is 12.9 Å². The van der Waals surface area contributed by atoms with E-state index in [4.69, 9.17) is 0 Å². The molecule has 0 radical (unpaired) electrons. The molecule has 2 aromatic rings. The van der Waals surface area contributed by atoms with E-state index in [2.05, 4.69) is 0 Å². The smallest absolute Gasteiger partial charge is 0.321 e. The minimum atomic E-state index is -4.21. The van der Waals surface area contributed by atoms with E-state index in [9.17, 15) is 14.4 Å². The molecule has 0 unspecified atom stereocenters. The van der Waals surface area contributed by atoms with Crippen LogP contribution < -0.4 is 5.30 Å². The van der Waals surface area contributed by atoms with Crippen molar-refractivity contribution in [2.24, 2.45) is 0 Å². The second kappa shape index (κ2) is 3.12. The zero-order valence-corrected chi connectivity index (χ0v) is 10.4. The van der Waals surface area contributed by atoms with Crippen LogP contribution in [-0.2, 0) is 17.4 Å². The van der Waals surface area contributed by atoms with Gasteiger partial charge in [-0.25, -0.2) is 0 Å². The third-order valence-electron chi connectivity index (χ3n) is 3.66. The molecule has 0 aliphatic heterocycles. The van der Waals surface area contributed by atoms with Gasteiger partial charge in [-0.1, -0.05) is 18.2 Å². The van der Waals surface area contributed by atoms with E-state index in [1.807, 2.05) is 24.3 Å². The minimum Gasteiger partial charge on any atom is -0.321 e. The Bertz CT molecular complexity index is 743. The quantitative estimate of drug-likeness (QED) is 0.540. The summed E-state index contributed by atoms with van der Waals surface area (Å²) in [5.74, 6) is 0. The standard InChI is InChI=1S/C14H11O3P/c15-18(16,17)14-7-12-5-11(12)6-13(14)9-2-1-8-3-10(8)4-9/h1-2,4,6-7H,3,5H2,(H2,15,16,17). The van der Waals surface area contributed by atoms with Crippen molar-refractivity contribution in [3.8, 4) is 11.1 Å². The normalized spacial score (nSPS) is 15.0. The number of hydrogen-bond donors (Lipinski definition) is 2. The number of hydrogen-bond acceptors (Lipinski definition) is 1. The Labute approximate surface area is 104 Å². The van der Waals surface area contributed by atoms with Gasteiger partial charge in [0, 0.05) is 0 Å². The molecule has 18 heavy (non-hydrogen) atoms. The van der Waals surface area contributed by atoms with Gasteiger partial charge in [0.15, 0.2) is 0 Å². The van der Waals surface area contributed by atoms with Crippen molar-refractivity contribution in [1.29, 1.82) is 0 Å². The number of fused-ring (bicyclic) bond motifs is 2. The van der Waals surface area contributed by atoms with Gasteiger partial charge in [0.1, 0.15) is 0 Å². The van der Waals surface area contributed by atoms with Crippen LogP contribution in [0.1, 0.15) is 22.3 Å². The molecule has 90 valence electrons. The molecule has 0 atom stereocenters. The Morgan fingerprint density at radius 1 is 0.889 bits per heavy atom. The largest absolute Gasteiger partial charge is 0.356 e. The summed E-state index contributed by atoms with van der Waals surface area (Å²) >= 11 is 0. The predicted molar refractivity (Wildman–Crippen MR) is 69.2 cm³/mol. The Morgan fingerprint density at radius 2 is 1.56 bits per heavy atom. The molecule has 3 nitrogen and oxygen atoms in total. The number of benzene rings is 2. The van der Waals surface area contributed by atoms with Crippen molar-refractivity contribution in [1.82, 2.24) is 0 Å². The lowest BCUT2D eigenvalue weighted by atomic mass is 10.1. The summed E-state index contributed by atoms with van der Waals surface area (Å²) in [4.78, 5) is 18.9. The highest BCUT2D eigenvalue weighted by Crippen LogP contribution is 2.43. The van der Waals surface area contributed by atoms with E-state index in [0.717, 1.165) is 24.0 Å². The van der Waals surface area contributed by atoms with Crippen molar-refractivity contribution in [2.45, 2.75) is 12.8 Å². The van der Waals surface area contributed by atoms with Crippen LogP contribution in [0.3, 0.4) is 0 Å². The first kappa shape index (κ1) is 10.5. The zero-order chi connectivity index (χ0) is 12.5. The van der Waals surface area contributed by atoms with Crippen LogP contribution in [0.25, 0.3) is 11.1 Å². The van der Waals surface area contributed by atoms with Gasteiger partial charge in [-0.15, -0.1) is 0 Å². The maximum Gasteiger partial charge on any atom is 0.356 e. The molecule has 0 saturated carbocycles. The molecule has 2 N–H and O–H groups in total. The lowest BCUT2D eigenvalue weighted by Crippen LogP contribution is -2.07. The van der Waals surface area contributed by atoms with Gasteiger partial charge >= 0.3 is 7.60 Å². The molecule has 0 fully saturated rings. The van der Waals surface area contributed by atoms with Gasteiger partial charge in [-0.2, -0.15) is 0 Å². The highest BCUT2D eigenvalue weighted by atomic mass is 31.2. The molecule has 2 aliphatic rings. The fourth-order valence-corrected chi connectivity index (χ4v) is 3.31. The summed E-state index contributed by atoms with van der Waals surface area (Å²) in [5, 5.41) is 0.166. The summed E-state index contributed by atoms with van der Waals surface area (Å²) in [7, 11) is -4.21. The minimum absolute atomic E-state index is 0.166. The highest BCUT2D eigenvalue weighted by molar-refractivity contribution is 7.60. The van der Waals surface area contributed by atoms with Gasteiger partial charge in [-0.05, 0) is 58.4 Å². The third kappa shape index (κ3) is 1.56. The highest BCUT2D eigenvalue weighted by Gasteiger charge is 2.29. The lowest BCUT2D eigenvalue weighted by Gasteiger charge is -2.10. The van der Waals surface area contributed by atoms with E-state index in [1.54, 1.807) is 6.07 Å². The first-order valence-corrected chi connectivity index (χ1v) is 7.48. The van der Waals surface area contributed by atoms with Crippen LogP contribution in [0.15, 0.2) is 30.3 Å². The van der Waals surface area contributed by atoms with Crippen LogP contribution in [-0.4, -0.2) is 9.79 Å². The van der Waals surface area contributed by atoms with Crippen LogP contribution in [0.2, 0.25) is 0 Å². The van der Waals surface area contributed by atoms with Crippen molar-refractivity contribution in [3.05, 3.63) is 52.6 Å². The van der Waals surface area contributed by atoms with E-state index >= 15 is 0 Å². The molecule has 0 amide bonds. The molecule has 2 aromatic carbocycles. The summed E-state index contributed by atoms with van der Waals surface area (Å²) in [6.07, 6.45) is 1.87. The van der Waals surface area contributed by atoms with Crippen LogP contribution in [0.4, 0.5) is 0 Å². The van der Waals surface area contributed by atoms with Crippen LogP contribution in [0.5, 0.6) is 0 Å². The van der Waals surface area contributed by atoms with Crippen molar-refractivity contribution in [3.63, 3.8) is 0 Å². The molecule has 0 saturated heterocycles. The van der Waals surface area contributed by atoms with Gasteiger partial charge in [0.25, 0.3) is 0 Å². The molecular weight excluding hydrogens is 247 g/mol. The lowest BCUT2D eigenvalue weighted by molar-refractivity contribution is 0.387. The number of rotatable bonds is 2. The second-order valence-electron chi connectivity index (χ2n) is 5.02. The Kier molecular flexibility index (Phi) is 1.82. The fraction of sp³-hybridized carbons (Fsp3) is 0.143. The van der Waals surface area contributed by atoms with E-state index in [1.165, 1.54) is 16.7 Å². The molecule has 4 rings (SSSR count). The van der Waals surface area contributed by atoms with Gasteiger partial charge in [0.2, 0.25) is 0 Å². The van der Waals surface area contributed by atoms with Crippen molar-refractivity contribution in [2.75, 3.05) is 0 Å². The Balaban J connectivity index is 1.95. The molecule has 0 aromatic heterocycles. The van der Waals surface area contributed by atoms with Gasteiger partial charge < -0.3 is 9.79 Å². The second-order valence-corrected chi connectivity index (χ2v) is 6.59. The molecule has 0 bridgehead atoms. The maximum atomic E-state index is 11.6. The summed E-state index contributed by atoms with van der Waals surface area (Å²) in [6.45, 7) is 0. The average Bonchev–Trinajstić information content (AvgIpc) is 3.19. The molecule has 4 heteroatoms. The molecule has 0 heterocycles. The monoisotopic (exact) mass is 258 g/mol. The van der Waals surface area contributed by atoms with Gasteiger partial charge in [-0.3, -0.25) is 4.57 Å². The first-order chi connectivity index (χ1) is 8.52. The summed E-state index contributed by atoms with van der Waals surface area (Å²) in [5.41, 5.74) is 6.49. The van der Waals surface area contributed by atoms with Crippen LogP contribution in [0, 0.1) is 0 Å². The van der Waals surface area contributed by atoms with E-state index < -0.39 is 7.60 Å². The van der Waals surface area contributed by atoms with E-state index in [0.29, 0.717) is 5.56 Å². The van der Waals surface area contributed by atoms with E-state index in [-0.39, 0.29) is 5.30 Å². The fourth-order valence-electron chi connectivity index (χ4n) is 2.48. The molecular formula is C14H11O3P. The molecule has 2 aliphatic carbocycles. The van der Waals surface area contributed by atoms with Crippen molar-refractivity contribution < 1.29 is 14.4 Å². The third-order valence-corrected chi connectivity index (χ3v) is 4.66. The average molecular weight is 258 g/mol. The Morgan fingerprint density at radius 3 is 2.28 bits per heavy atom. The van der Waals surface area contributed by atoms with Gasteiger partial charge in [0.05, 0.1) is 5.30 Å². The summed E-state index contributed by atoms with van der Waals surface area (Å²) < 4.78 is 11.6. The van der Waals surface area contributed by atoms with Crippen LogP contribution >= 0.6 is 7.60 Å². The molecule has 0 spiro atoms. The Hall–Kier alpha value is -1.41. The zero-order valence-electron chi connectivity index (χ0n) is 9.55. The SMILES string of the molecule is O=P(O)(O)c1cc2c(cc1-c1ccc3c(c1)C3)C2. The maximum absolute atomic E-state index is 11.6. The first-order valence-electron chi connectivity index (χ1n) is 5.86. The predicted octanol–water partition coefficient (Wildman–Crippen LogP) is 1.96. The topological polar surface area (TPSA) is 57.5 Å².